The molecule has 0 saturated carbocycles. The van der Waals surface area contributed by atoms with E-state index in [9.17, 15) is 4.39 Å². The van der Waals surface area contributed by atoms with Gasteiger partial charge in [0, 0.05) is 12.7 Å². The first-order chi connectivity index (χ1) is 6.15. The Labute approximate surface area is 76.9 Å². The van der Waals surface area contributed by atoms with E-state index in [-0.39, 0.29) is 5.82 Å². The first-order valence-electron chi connectivity index (χ1n) is 4.06. The number of hydroxylamine groups is 1. The average Bonchev–Trinajstić information content (AvgIpc) is 2.04. The molecule has 4 heteroatoms. The number of hydrogen-bond acceptors (Lipinski definition) is 3. The van der Waals surface area contributed by atoms with Crippen LogP contribution in [-0.4, -0.2) is 13.7 Å². The first-order valence-corrected chi connectivity index (χ1v) is 4.06. The molecule has 1 rings (SSSR count). The van der Waals surface area contributed by atoms with Crippen molar-refractivity contribution in [2.24, 2.45) is 0 Å². The maximum absolute atomic E-state index is 13.2. The number of nitrogen functional groups attached to an aromatic ring is 1. The fourth-order valence-corrected chi connectivity index (χ4v) is 1.04. The molecule has 0 amide bonds. The average molecular weight is 184 g/mol. The zero-order chi connectivity index (χ0) is 9.84. The van der Waals surface area contributed by atoms with E-state index in [1.807, 2.05) is 6.92 Å². The minimum Gasteiger partial charge on any atom is -0.399 e. The molecule has 0 bridgehead atoms. The van der Waals surface area contributed by atoms with Crippen LogP contribution in [0.5, 0.6) is 0 Å². The molecule has 0 aromatic heterocycles. The first kappa shape index (κ1) is 9.80. The molecular weight excluding hydrogens is 171 g/mol. The third-order valence-electron chi connectivity index (χ3n) is 1.63. The summed E-state index contributed by atoms with van der Waals surface area (Å²) in [5.41, 5.74) is 6.20. The number of nitrogens with zero attached hydrogens (tertiary/aromatic N) is 1. The molecule has 13 heavy (non-hydrogen) atoms. The van der Waals surface area contributed by atoms with Crippen molar-refractivity contribution >= 4 is 11.4 Å². The van der Waals surface area contributed by atoms with Crippen molar-refractivity contribution < 1.29 is 9.23 Å². The molecule has 0 spiro atoms. The predicted octanol–water partition coefficient (Wildman–Crippen LogP) is 1.80. The zero-order valence-corrected chi connectivity index (χ0v) is 7.75. The van der Waals surface area contributed by atoms with Gasteiger partial charge in [0.05, 0.1) is 12.3 Å². The SMILES string of the molecule is CCON(C)c1ccc(N)cc1F. The van der Waals surface area contributed by atoms with Gasteiger partial charge >= 0.3 is 0 Å². The van der Waals surface area contributed by atoms with Crippen LogP contribution in [0.2, 0.25) is 0 Å². The maximum Gasteiger partial charge on any atom is 0.150 e. The van der Waals surface area contributed by atoms with Gasteiger partial charge in [0.2, 0.25) is 0 Å². The monoisotopic (exact) mass is 184 g/mol. The normalized spacial score (nSPS) is 10.1. The molecule has 0 fully saturated rings. The minimum atomic E-state index is -0.379. The van der Waals surface area contributed by atoms with Gasteiger partial charge in [-0.15, -0.1) is 0 Å². The number of hydrogen-bond donors (Lipinski definition) is 1. The summed E-state index contributed by atoms with van der Waals surface area (Å²) in [7, 11) is 1.65. The minimum absolute atomic E-state index is 0.379. The summed E-state index contributed by atoms with van der Waals surface area (Å²) in [5.74, 6) is -0.379. The van der Waals surface area contributed by atoms with Crippen molar-refractivity contribution in [1.29, 1.82) is 0 Å². The van der Waals surface area contributed by atoms with Crippen LogP contribution in [0, 0.1) is 5.82 Å². The second kappa shape index (κ2) is 4.09. The maximum atomic E-state index is 13.2. The van der Waals surface area contributed by atoms with E-state index in [2.05, 4.69) is 0 Å². The number of halogens is 1. The van der Waals surface area contributed by atoms with Crippen LogP contribution in [-0.2, 0) is 4.84 Å². The Balaban J connectivity index is 2.88. The summed E-state index contributed by atoms with van der Waals surface area (Å²) in [6.45, 7) is 2.34. The third-order valence-corrected chi connectivity index (χ3v) is 1.63. The van der Waals surface area contributed by atoms with E-state index < -0.39 is 0 Å². The predicted molar refractivity (Wildman–Crippen MR) is 50.8 cm³/mol. The van der Waals surface area contributed by atoms with E-state index in [1.54, 1.807) is 19.2 Å². The lowest BCUT2D eigenvalue weighted by Gasteiger charge is -2.18. The van der Waals surface area contributed by atoms with Gasteiger partial charge < -0.3 is 5.73 Å². The summed E-state index contributed by atoms with van der Waals surface area (Å²) >= 11 is 0. The van der Waals surface area contributed by atoms with Crippen LogP contribution < -0.4 is 10.8 Å². The summed E-state index contributed by atoms with van der Waals surface area (Å²) < 4.78 is 13.2. The van der Waals surface area contributed by atoms with E-state index in [1.165, 1.54) is 11.1 Å². The molecule has 1 aromatic carbocycles. The van der Waals surface area contributed by atoms with E-state index in [4.69, 9.17) is 10.6 Å². The molecule has 0 aliphatic heterocycles. The molecule has 0 heterocycles. The Kier molecular flexibility index (Phi) is 3.08. The van der Waals surface area contributed by atoms with Gasteiger partial charge in [0.15, 0.2) is 5.82 Å². The Morgan fingerprint density at radius 1 is 1.54 bits per heavy atom. The lowest BCUT2D eigenvalue weighted by atomic mass is 10.3. The molecule has 0 atom stereocenters. The quantitative estimate of drug-likeness (QED) is 0.575. The van der Waals surface area contributed by atoms with Crippen molar-refractivity contribution in [2.45, 2.75) is 6.92 Å². The largest absolute Gasteiger partial charge is 0.399 e. The van der Waals surface area contributed by atoms with Gasteiger partial charge in [0.25, 0.3) is 0 Å². The van der Waals surface area contributed by atoms with Crippen LogP contribution in [0.1, 0.15) is 6.92 Å². The summed E-state index contributed by atoms with van der Waals surface area (Å²) in [4.78, 5) is 5.10. The molecule has 0 aliphatic carbocycles. The summed E-state index contributed by atoms with van der Waals surface area (Å²) in [5, 5.41) is 1.38. The van der Waals surface area contributed by atoms with Crippen LogP contribution in [0.15, 0.2) is 18.2 Å². The fraction of sp³-hybridized carbons (Fsp3) is 0.333. The number of anilines is 2. The van der Waals surface area contributed by atoms with E-state index >= 15 is 0 Å². The standard InChI is InChI=1S/C9H13FN2O/c1-3-13-12(2)9-5-4-7(11)6-8(9)10/h4-6H,3,11H2,1-2H3. The molecule has 2 N–H and O–H groups in total. The molecule has 0 unspecified atom stereocenters. The van der Waals surface area contributed by atoms with Crippen LogP contribution >= 0.6 is 0 Å². The smallest absolute Gasteiger partial charge is 0.150 e. The van der Waals surface area contributed by atoms with Crippen molar-refractivity contribution in [1.82, 2.24) is 0 Å². The third kappa shape index (κ3) is 2.32. The van der Waals surface area contributed by atoms with Gasteiger partial charge in [-0.1, -0.05) is 0 Å². The lowest BCUT2D eigenvalue weighted by Crippen LogP contribution is -2.18. The molecule has 0 radical (unpaired) electrons. The lowest BCUT2D eigenvalue weighted by molar-refractivity contribution is 0.133. The van der Waals surface area contributed by atoms with E-state index in [0.717, 1.165) is 0 Å². The highest BCUT2D eigenvalue weighted by Crippen LogP contribution is 2.20. The Morgan fingerprint density at radius 2 is 2.23 bits per heavy atom. The highest BCUT2D eigenvalue weighted by Gasteiger charge is 2.06. The second-order valence-corrected chi connectivity index (χ2v) is 2.63. The van der Waals surface area contributed by atoms with Crippen molar-refractivity contribution in [2.75, 3.05) is 24.5 Å². The van der Waals surface area contributed by atoms with E-state index in [0.29, 0.717) is 18.0 Å². The molecular formula is C9H13FN2O. The molecule has 0 saturated heterocycles. The summed E-state index contributed by atoms with van der Waals surface area (Å²) in [6, 6.07) is 4.49. The van der Waals surface area contributed by atoms with Crippen molar-refractivity contribution in [3.63, 3.8) is 0 Å². The van der Waals surface area contributed by atoms with Gasteiger partial charge in [0.1, 0.15) is 0 Å². The number of nitrogens with two attached hydrogens (primary N) is 1. The van der Waals surface area contributed by atoms with Crippen molar-refractivity contribution in [3.8, 4) is 0 Å². The van der Waals surface area contributed by atoms with Crippen LogP contribution in [0.4, 0.5) is 15.8 Å². The zero-order valence-electron chi connectivity index (χ0n) is 7.75. The highest BCUT2D eigenvalue weighted by atomic mass is 19.1. The Bertz CT molecular complexity index is 291. The molecule has 1 aromatic rings. The van der Waals surface area contributed by atoms with Gasteiger partial charge in [-0.2, -0.15) is 0 Å². The topological polar surface area (TPSA) is 38.5 Å². The number of benzene rings is 1. The van der Waals surface area contributed by atoms with Gasteiger partial charge in [-0.3, -0.25) is 9.90 Å². The van der Waals surface area contributed by atoms with Gasteiger partial charge in [-0.25, -0.2) is 4.39 Å². The van der Waals surface area contributed by atoms with Crippen molar-refractivity contribution in [3.05, 3.63) is 24.0 Å². The molecule has 72 valence electrons. The molecule has 3 nitrogen and oxygen atoms in total. The van der Waals surface area contributed by atoms with Crippen LogP contribution in [0.25, 0.3) is 0 Å². The fourth-order valence-electron chi connectivity index (χ4n) is 1.04. The Morgan fingerprint density at radius 3 is 2.77 bits per heavy atom. The number of rotatable bonds is 3. The summed E-state index contributed by atoms with van der Waals surface area (Å²) in [6.07, 6.45) is 0. The van der Waals surface area contributed by atoms with Crippen LogP contribution in [0.3, 0.4) is 0 Å². The van der Waals surface area contributed by atoms with Gasteiger partial charge in [-0.05, 0) is 25.1 Å². The highest BCUT2D eigenvalue weighted by molar-refractivity contribution is 5.52. The second-order valence-electron chi connectivity index (χ2n) is 2.63. The molecule has 0 aliphatic rings. The Hall–Kier alpha value is -1.29.